The quantitative estimate of drug-likeness (QED) is 0.727. The molecule has 0 aromatic rings. The van der Waals surface area contributed by atoms with Gasteiger partial charge >= 0.3 is 0 Å². The smallest absolute Gasteiger partial charge is 0.254 e. The van der Waals surface area contributed by atoms with Crippen molar-refractivity contribution in [3.8, 4) is 6.07 Å². The van der Waals surface area contributed by atoms with Crippen LogP contribution in [0.3, 0.4) is 0 Å². The van der Waals surface area contributed by atoms with E-state index in [2.05, 4.69) is 12.8 Å². The number of rotatable bonds is 2. The average Bonchev–Trinajstić information content (AvgIpc) is 2.09. The van der Waals surface area contributed by atoms with Crippen LogP contribution in [-0.2, 0) is 32.7 Å². The molecule has 1 aliphatic heterocycles. The van der Waals surface area contributed by atoms with Gasteiger partial charge in [0.05, 0.1) is 12.6 Å². The van der Waals surface area contributed by atoms with Crippen LogP contribution in [0.4, 0.5) is 8.78 Å². The molecule has 0 aromatic carbocycles. The molecule has 2 nitrogen and oxygen atoms in total. The minimum Gasteiger partial charge on any atom is -0.450 e. The van der Waals surface area contributed by atoms with Crippen molar-refractivity contribution in [2.75, 3.05) is 6.54 Å². The maximum Gasteiger partial charge on any atom is 0.254 e. The van der Waals surface area contributed by atoms with Gasteiger partial charge in [0.1, 0.15) is 0 Å². The fourth-order valence-corrected chi connectivity index (χ4v) is 1.15. The molecule has 0 aromatic heterocycles. The molecule has 1 aliphatic rings. The first kappa shape index (κ1) is 14.5. The van der Waals surface area contributed by atoms with E-state index in [1.54, 1.807) is 13.0 Å². The average molecular weight is 284 g/mol. The van der Waals surface area contributed by atoms with E-state index in [0.717, 1.165) is 0 Å². The third kappa shape index (κ3) is 3.85. The summed E-state index contributed by atoms with van der Waals surface area (Å²) in [5, 5.41) is 8.70. The summed E-state index contributed by atoms with van der Waals surface area (Å²) >= 11 is 0. The Labute approximate surface area is 113 Å². The molecular formula is C10H9F2N2Y-. The van der Waals surface area contributed by atoms with Crippen LogP contribution < -0.4 is 0 Å². The molecule has 0 saturated heterocycles. The summed E-state index contributed by atoms with van der Waals surface area (Å²) in [6, 6.07) is 1.90. The molecular weight excluding hydrogens is 275 g/mol. The molecule has 0 spiro atoms. The number of hydrogen-bond acceptors (Lipinski definition) is 2. The van der Waals surface area contributed by atoms with Crippen molar-refractivity contribution in [3.05, 3.63) is 35.7 Å². The van der Waals surface area contributed by atoms with Crippen LogP contribution in [0.25, 0.3) is 0 Å². The van der Waals surface area contributed by atoms with Gasteiger partial charge in [-0.3, -0.25) is 0 Å². The molecule has 0 aliphatic carbocycles. The predicted molar refractivity (Wildman–Crippen MR) is 48.0 cm³/mol. The fraction of sp³-hybridized carbons (Fsp3) is 0.300. The third-order valence-corrected chi connectivity index (χ3v) is 1.75. The molecule has 15 heavy (non-hydrogen) atoms. The van der Waals surface area contributed by atoms with Crippen LogP contribution >= 0.6 is 0 Å². The molecule has 1 radical (unpaired) electrons. The number of alkyl halides is 2. The van der Waals surface area contributed by atoms with Gasteiger partial charge in [-0.25, -0.2) is 8.78 Å². The van der Waals surface area contributed by atoms with E-state index in [4.69, 9.17) is 5.26 Å². The summed E-state index contributed by atoms with van der Waals surface area (Å²) in [6.07, 6.45) is 1.81. The number of nitriles is 1. The molecule has 77 valence electrons. The zero-order chi connectivity index (χ0) is 10.7. The van der Waals surface area contributed by atoms with Crippen LogP contribution in [0.5, 0.6) is 0 Å². The second kappa shape index (κ2) is 6.14. The van der Waals surface area contributed by atoms with E-state index in [9.17, 15) is 8.78 Å². The Bertz CT molecular complexity index is 353. The first-order valence-electron chi connectivity index (χ1n) is 4.01. The summed E-state index contributed by atoms with van der Waals surface area (Å²) < 4.78 is 24.2. The number of nitrogens with zero attached hydrogens (tertiary/aromatic N) is 2. The van der Waals surface area contributed by atoms with Gasteiger partial charge in [-0.1, -0.05) is 18.8 Å². The topological polar surface area (TPSA) is 27.0 Å². The maximum absolute atomic E-state index is 12.1. The first-order chi connectivity index (χ1) is 6.54. The fourth-order valence-electron chi connectivity index (χ4n) is 1.15. The largest absolute Gasteiger partial charge is 0.450 e. The number of halogens is 2. The monoisotopic (exact) mass is 284 g/mol. The van der Waals surface area contributed by atoms with E-state index < -0.39 is 13.0 Å². The number of hydrogen-bond donors (Lipinski definition) is 0. The predicted octanol–water partition coefficient (Wildman–Crippen LogP) is 2.24. The molecule has 0 bridgehead atoms. The molecule has 0 atom stereocenters. The Morgan fingerprint density at radius 3 is 2.73 bits per heavy atom. The van der Waals surface area contributed by atoms with E-state index in [0.29, 0.717) is 11.1 Å². The Balaban J connectivity index is 0.00000196. The van der Waals surface area contributed by atoms with Crippen molar-refractivity contribution in [1.82, 2.24) is 4.90 Å². The maximum atomic E-state index is 12.1. The SMILES string of the molecule is C=C1C(C#N)=CC(C)=[C-]N1CC(F)F.[Y]. The van der Waals surface area contributed by atoms with Gasteiger partial charge in [0.15, 0.2) is 0 Å². The van der Waals surface area contributed by atoms with E-state index in [1.807, 2.05) is 6.07 Å². The molecule has 0 amide bonds. The van der Waals surface area contributed by atoms with E-state index >= 15 is 0 Å². The molecule has 0 N–H and O–H groups in total. The van der Waals surface area contributed by atoms with Gasteiger partial charge in [-0.05, 0) is 5.57 Å². The Hall–Kier alpha value is -0.526. The minimum absolute atomic E-state index is 0. The van der Waals surface area contributed by atoms with Gasteiger partial charge in [0.25, 0.3) is 6.43 Å². The summed E-state index contributed by atoms with van der Waals surface area (Å²) in [5.74, 6) is 0. The Kier molecular flexibility index (Phi) is 5.93. The van der Waals surface area contributed by atoms with Gasteiger partial charge < -0.3 is 4.90 Å². The zero-order valence-corrected chi connectivity index (χ0v) is 11.1. The van der Waals surface area contributed by atoms with Gasteiger partial charge in [-0.15, -0.1) is 18.2 Å². The van der Waals surface area contributed by atoms with Crippen molar-refractivity contribution < 1.29 is 41.5 Å². The standard InChI is InChI=1S/C10H9F2N2.Y/c1-7-3-9(4-13)8(2)14(5-7)6-10(11)12;/h3,10H,2,6H2,1H3;/q-1;. The van der Waals surface area contributed by atoms with Crippen LogP contribution in [0.1, 0.15) is 6.92 Å². The molecule has 0 saturated carbocycles. The third-order valence-electron chi connectivity index (χ3n) is 1.75. The molecule has 1 rings (SSSR count). The van der Waals surface area contributed by atoms with Crippen molar-refractivity contribution >= 4 is 0 Å². The van der Waals surface area contributed by atoms with Crippen LogP contribution in [0.2, 0.25) is 0 Å². The molecule has 5 heteroatoms. The summed E-state index contributed by atoms with van der Waals surface area (Å²) in [5.41, 5.74) is 1.23. The summed E-state index contributed by atoms with van der Waals surface area (Å²) in [4.78, 5) is 1.18. The second-order valence-corrected chi connectivity index (χ2v) is 2.91. The van der Waals surface area contributed by atoms with Gasteiger partial charge in [0.2, 0.25) is 0 Å². The van der Waals surface area contributed by atoms with Crippen molar-refractivity contribution in [2.45, 2.75) is 13.3 Å². The number of allylic oxidation sites excluding steroid dienone is 3. The van der Waals surface area contributed by atoms with Gasteiger partial charge in [-0.2, -0.15) is 5.26 Å². The van der Waals surface area contributed by atoms with Crippen molar-refractivity contribution in [3.63, 3.8) is 0 Å². The van der Waals surface area contributed by atoms with Crippen LogP contribution in [-0.4, -0.2) is 17.9 Å². The second-order valence-electron chi connectivity index (χ2n) is 2.91. The van der Waals surface area contributed by atoms with Crippen LogP contribution in [0.15, 0.2) is 29.5 Å². The Morgan fingerprint density at radius 2 is 2.27 bits per heavy atom. The molecule has 0 fully saturated rings. The van der Waals surface area contributed by atoms with E-state index in [-0.39, 0.29) is 38.4 Å². The van der Waals surface area contributed by atoms with E-state index in [1.165, 1.54) is 4.90 Å². The van der Waals surface area contributed by atoms with Crippen LogP contribution in [0, 0.1) is 17.5 Å². The normalized spacial score (nSPS) is 15.4. The van der Waals surface area contributed by atoms with Gasteiger partial charge in [0, 0.05) is 32.7 Å². The Morgan fingerprint density at radius 1 is 1.67 bits per heavy atom. The minimum atomic E-state index is -2.47. The molecule has 0 unspecified atom stereocenters. The zero-order valence-electron chi connectivity index (χ0n) is 8.30. The summed E-state index contributed by atoms with van der Waals surface area (Å²) in [6.45, 7) is 4.78. The summed E-state index contributed by atoms with van der Waals surface area (Å²) in [7, 11) is 0. The first-order valence-corrected chi connectivity index (χ1v) is 4.01. The van der Waals surface area contributed by atoms with Crippen molar-refractivity contribution in [1.29, 1.82) is 5.26 Å². The van der Waals surface area contributed by atoms with Crippen molar-refractivity contribution in [2.24, 2.45) is 0 Å². The molecule has 1 heterocycles.